The van der Waals surface area contributed by atoms with Crippen molar-refractivity contribution in [2.45, 2.75) is 39.5 Å². The first-order valence-electron chi connectivity index (χ1n) is 4.68. The van der Waals surface area contributed by atoms with E-state index in [9.17, 15) is 0 Å². The van der Waals surface area contributed by atoms with E-state index in [1.54, 1.807) is 0 Å². The first-order valence-corrected chi connectivity index (χ1v) is 4.68. The molecule has 1 aliphatic rings. The van der Waals surface area contributed by atoms with Crippen molar-refractivity contribution < 1.29 is 0 Å². The van der Waals surface area contributed by atoms with Crippen LogP contribution in [-0.2, 0) is 0 Å². The van der Waals surface area contributed by atoms with Crippen LogP contribution in [0, 0.1) is 11.8 Å². The Hall–Kier alpha value is -0.460. The van der Waals surface area contributed by atoms with Crippen LogP contribution in [0.4, 0.5) is 0 Å². The number of nitrogens with two attached hydrogens (primary N) is 1. The van der Waals surface area contributed by atoms with Gasteiger partial charge in [-0.3, -0.25) is 0 Å². The smallest absolute Gasteiger partial charge is 0.00430 e. The molecule has 1 rings (SSSR count). The molecule has 2 unspecified atom stereocenters. The predicted octanol–water partition coefficient (Wildman–Crippen LogP) is 2.68. The second-order valence-electron chi connectivity index (χ2n) is 3.74. The largest absolute Gasteiger partial charge is 0.402 e. The van der Waals surface area contributed by atoms with E-state index in [1.165, 1.54) is 19.3 Å². The van der Waals surface area contributed by atoms with E-state index in [0.29, 0.717) is 0 Å². The van der Waals surface area contributed by atoms with Gasteiger partial charge in [-0.2, -0.15) is 0 Å². The van der Waals surface area contributed by atoms with Gasteiger partial charge in [-0.25, -0.2) is 0 Å². The molecule has 0 spiro atoms. The van der Waals surface area contributed by atoms with Gasteiger partial charge in [-0.15, -0.1) is 0 Å². The van der Waals surface area contributed by atoms with Crippen molar-refractivity contribution in [3.8, 4) is 0 Å². The molecule has 1 heteroatoms. The van der Waals surface area contributed by atoms with Gasteiger partial charge in [0.05, 0.1) is 0 Å². The third kappa shape index (κ3) is 2.25. The molecule has 2 N–H and O–H groups in total. The van der Waals surface area contributed by atoms with Gasteiger partial charge in [0.1, 0.15) is 0 Å². The Balaban J connectivity index is 2.28. The monoisotopic (exact) mass is 153 g/mol. The maximum Gasteiger partial charge on any atom is 0.00430 e. The summed E-state index contributed by atoms with van der Waals surface area (Å²) in [5, 5.41) is 0. The lowest BCUT2D eigenvalue weighted by atomic mass is 9.88. The maximum absolute atomic E-state index is 5.72. The summed E-state index contributed by atoms with van der Waals surface area (Å²) in [5.74, 6) is 1.70. The molecular weight excluding hydrogens is 134 g/mol. The van der Waals surface area contributed by atoms with E-state index in [-0.39, 0.29) is 0 Å². The zero-order valence-corrected chi connectivity index (χ0v) is 7.64. The number of allylic oxidation sites excluding steroid dienone is 2. The standard InChI is InChI=1S/C10H19N/c1-3-4-8(2)9-5-6-10(11)7-9/h6,8-9H,3-5,7,11H2,1-2H3. The molecule has 0 amide bonds. The topological polar surface area (TPSA) is 26.0 Å². The minimum absolute atomic E-state index is 0.843. The van der Waals surface area contributed by atoms with Gasteiger partial charge in [-0.1, -0.05) is 32.8 Å². The fourth-order valence-corrected chi connectivity index (χ4v) is 1.90. The van der Waals surface area contributed by atoms with Crippen LogP contribution >= 0.6 is 0 Å². The van der Waals surface area contributed by atoms with Crippen molar-refractivity contribution in [1.82, 2.24) is 0 Å². The predicted molar refractivity (Wildman–Crippen MR) is 49.1 cm³/mol. The number of rotatable bonds is 3. The Morgan fingerprint density at radius 2 is 2.45 bits per heavy atom. The summed E-state index contributed by atoms with van der Waals surface area (Å²) in [5.41, 5.74) is 6.83. The van der Waals surface area contributed by atoms with Crippen LogP contribution in [0.3, 0.4) is 0 Å². The van der Waals surface area contributed by atoms with Crippen molar-refractivity contribution in [3.63, 3.8) is 0 Å². The lowest BCUT2D eigenvalue weighted by molar-refractivity contribution is 0.349. The van der Waals surface area contributed by atoms with Crippen LogP contribution in [0.5, 0.6) is 0 Å². The Kier molecular flexibility index (Phi) is 2.98. The minimum Gasteiger partial charge on any atom is -0.402 e. The average molecular weight is 153 g/mol. The summed E-state index contributed by atoms with van der Waals surface area (Å²) >= 11 is 0. The normalized spacial score (nSPS) is 26.7. The Morgan fingerprint density at radius 3 is 2.91 bits per heavy atom. The minimum atomic E-state index is 0.843. The molecule has 11 heavy (non-hydrogen) atoms. The lowest BCUT2D eigenvalue weighted by Gasteiger charge is -2.17. The molecular formula is C10H19N. The highest BCUT2D eigenvalue weighted by Crippen LogP contribution is 2.30. The molecule has 0 radical (unpaired) electrons. The van der Waals surface area contributed by atoms with Crippen molar-refractivity contribution in [1.29, 1.82) is 0 Å². The highest BCUT2D eigenvalue weighted by atomic mass is 14.6. The van der Waals surface area contributed by atoms with E-state index < -0.39 is 0 Å². The van der Waals surface area contributed by atoms with Crippen molar-refractivity contribution in [3.05, 3.63) is 11.8 Å². The summed E-state index contributed by atoms with van der Waals surface area (Å²) < 4.78 is 0. The Bertz CT molecular complexity index is 149. The van der Waals surface area contributed by atoms with E-state index in [1.807, 2.05) is 0 Å². The van der Waals surface area contributed by atoms with Crippen LogP contribution in [0.15, 0.2) is 11.8 Å². The molecule has 2 atom stereocenters. The van der Waals surface area contributed by atoms with E-state index in [0.717, 1.165) is 24.0 Å². The fraction of sp³-hybridized carbons (Fsp3) is 0.800. The number of hydrogen-bond acceptors (Lipinski definition) is 1. The van der Waals surface area contributed by atoms with Crippen LogP contribution < -0.4 is 5.73 Å². The van der Waals surface area contributed by atoms with Crippen LogP contribution in [-0.4, -0.2) is 0 Å². The molecule has 0 saturated heterocycles. The van der Waals surface area contributed by atoms with E-state index in [2.05, 4.69) is 19.9 Å². The Labute approximate surface area is 69.7 Å². The first-order chi connectivity index (χ1) is 5.24. The maximum atomic E-state index is 5.72. The SMILES string of the molecule is CCCC(C)C1CC=C(N)C1. The molecule has 0 fully saturated rings. The summed E-state index contributed by atoms with van der Waals surface area (Å²) in [4.78, 5) is 0. The summed E-state index contributed by atoms with van der Waals surface area (Å²) in [6, 6.07) is 0. The first kappa shape index (κ1) is 8.63. The Morgan fingerprint density at radius 1 is 1.73 bits per heavy atom. The zero-order chi connectivity index (χ0) is 8.27. The van der Waals surface area contributed by atoms with E-state index in [4.69, 9.17) is 5.73 Å². The molecule has 64 valence electrons. The van der Waals surface area contributed by atoms with Crippen molar-refractivity contribution in [2.75, 3.05) is 0 Å². The fourth-order valence-electron chi connectivity index (χ4n) is 1.90. The van der Waals surface area contributed by atoms with Gasteiger partial charge >= 0.3 is 0 Å². The van der Waals surface area contributed by atoms with Gasteiger partial charge in [0, 0.05) is 5.70 Å². The summed E-state index contributed by atoms with van der Waals surface area (Å²) in [7, 11) is 0. The van der Waals surface area contributed by atoms with Crippen LogP contribution in [0.2, 0.25) is 0 Å². The third-order valence-electron chi connectivity index (χ3n) is 2.73. The van der Waals surface area contributed by atoms with Gasteiger partial charge in [-0.05, 0) is 24.7 Å². The molecule has 0 aliphatic heterocycles. The van der Waals surface area contributed by atoms with Crippen molar-refractivity contribution >= 4 is 0 Å². The molecule has 1 aliphatic carbocycles. The quantitative estimate of drug-likeness (QED) is 0.662. The number of hydrogen-bond donors (Lipinski definition) is 1. The van der Waals surface area contributed by atoms with Crippen LogP contribution in [0.1, 0.15) is 39.5 Å². The molecule has 0 saturated carbocycles. The van der Waals surface area contributed by atoms with Gasteiger partial charge < -0.3 is 5.73 Å². The summed E-state index contributed by atoms with van der Waals surface area (Å²) in [6.07, 6.45) is 7.20. The molecule has 0 bridgehead atoms. The van der Waals surface area contributed by atoms with Crippen LogP contribution in [0.25, 0.3) is 0 Å². The zero-order valence-electron chi connectivity index (χ0n) is 7.64. The average Bonchev–Trinajstić information content (AvgIpc) is 2.36. The van der Waals surface area contributed by atoms with Gasteiger partial charge in [0.15, 0.2) is 0 Å². The van der Waals surface area contributed by atoms with Gasteiger partial charge in [0.2, 0.25) is 0 Å². The second-order valence-corrected chi connectivity index (χ2v) is 3.74. The second kappa shape index (κ2) is 3.80. The molecule has 0 aromatic rings. The molecule has 0 aromatic carbocycles. The molecule has 0 heterocycles. The highest BCUT2D eigenvalue weighted by Gasteiger charge is 2.20. The molecule has 0 aromatic heterocycles. The molecule has 1 nitrogen and oxygen atoms in total. The third-order valence-corrected chi connectivity index (χ3v) is 2.73. The van der Waals surface area contributed by atoms with E-state index >= 15 is 0 Å². The highest BCUT2D eigenvalue weighted by molar-refractivity contribution is 5.06. The van der Waals surface area contributed by atoms with Crippen molar-refractivity contribution in [2.24, 2.45) is 17.6 Å². The lowest BCUT2D eigenvalue weighted by Crippen LogP contribution is -2.09. The van der Waals surface area contributed by atoms with Gasteiger partial charge in [0.25, 0.3) is 0 Å². The summed E-state index contributed by atoms with van der Waals surface area (Å²) in [6.45, 7) is 4.60.